The molecule has 0 fully saturated rings. The summed E-state index contributed by atoms with van der Waals surface area (Å²) in [4.78, 5) is 9.16. The van der Waals surface area contributed by atoms with E-state index in [0.717, 1.165) is 31.0 Å². The Morgan fingerprint density at radius 3 is 2.38 bits per heavy atom. The van der Waals surface area contributed by atoms with Crippen molar-refractivity contribution >= 4 is 5.82 Å². The van der Waals surface area contributed by atoms with Gasteiger partial charge < -0.3 is 5.32 Å². The van der Waals surface area contributed by atoms with E-state index >= 15 is 0 Å². The molecule has 0 saturated heterocycles. The Bertz CT molecular complexity index is 345. The van der Waals surface area contributed by atoms with Crippen LogP contribution in [0.5, 0.6) is 0 Å². The van der Waals surface area contributed by atoms with Gasteiger partial charge in [-0.3, -0.25) is 0 Å². The van der Waals surface area contributed by atoms with Crippen LogP contribution >= 0.6 is 0 Å². The lowest BCUT2D eigenvalue weighted by molar-refractivity contribution is 0.774. The van der Waals surface area contributed by atoms with E-state index in [1.165, 1.54) is 11.3 Å². The molecule has 0 saturated carbocycles. The van der Waals surface area contributed by atoms with Gasteiger partial charge in [0.05, 0.1) is 5.69 Å². The zero-order valence-corrected chi connectivity index (χ0v) is 11.1. The highest BCUT2D eigenvalue weighted by Gasteiger charge is 2.12. The molecule has 0 atom stereocenters. The Hall–Kier alpha value is -1.12. The Balaban J connectivity index is 3.10. The van der Waals surface area contributed by atoms with E-state index in [2.05, 4.69) is 49.9 Å². The van der Waals surface area contributed by atoms with Gasteiger partial charge in [0, 0.05) is 18.5 Å². The van der Waals surface area contributed by atoms with E-state index in [-0.39, 0.29) is 0 Å². The number of hydrogen-bond acceptors (Lipinski definition) is 3. The van der Waals surface area contributed by atoms with Gasteiger partial charge in [0.25, 0.3) is 0 Å². The number of rotatable bonds is 5. The molecule has 0 unspecified atom stereocenters. The van der Waals surface area contributed by atoms with E-state index in [9.17, 15) is 0 Å². The molecule has 1 aromatic rings. The van der Waals surface area contributed by atoms with Gasteiger partial charge >= 0.3 is 0 Å². The van der Waals surface area contributed by atoms with E-state index in [0.29, 0.717) is 5.92 Å². The van der Waals surface area contributed by atoms with E-state index in [1.807, 2.05) is 0 Å². The highest BCUT2D eigenvalue weighted by atomic mass is 15.0. The first-order valence-corrected chi connectivity index (χ1v) is 6.21. The number of aromatic nitrogens is 2. The lowest BCUT2D eigenvalue weighted by Gasteiger charge is -2.15. The number of nitrogens with zero attached hydrogens (tertiary/aromatic N) is 2. The summed E-state index contributed by atoms with van der Waals surface area (Å²) >= 11 is 0. The first-order chi connectivity index (χ1) is 7.60. The van der Waals surface area contributed by atoms with Crippen molar-refractivity contribution in [2.75, 3.05) is 11.9 Å². The highest BCUT2D eigenvalue weighted by molar-refractivity contribution is 5.46. The predicted molar refractivity (Wildman–Crippen MR) is 69.0 cm³/mol. The molecule has 90 valence electrons. The average Bonchev–Trinajstić information content (AvgIpc) is 2.27. The molecule has 3 heteroatoms. The third-order valence-corrected chi connectivity index (χ3v) is 2.64. The van der Waals surface area contributed by atoms with Gasteiger partial charge in [0.15, 0.2) is 0 Å². The zero-order chi connectivity index (χ0) is 12.1. The molecule has 0 aliphatic heterocycles. The van der Waals surface area contributed by atoms with Crippen molar-refractivity contribution in [3.05, 3.63) is 17.1 Å². The lowest BCUT2D eigenvalue weighted by Crippen LogP contribution is -2.11. The predicted octanol–water partition coefficient (Wildman–Crippen LogP) is 3.29. The van der Waals surface area contributed by atoms with Gasteiger partial charge in [-0.2, -0.15) is 0 Å². The van der Waals surface area contributed by atoms with Gasteiger partial charge in [-0.15, -0.1) is 0 Å². The molecular weight excluding hydrogens is 198 g/mol. The van der Waals surface area contributed by atoms with Crippen molar-refractivity contribution in [2.45, 2.75) is 53.4 Å². The van der Waals surface area contributed by atoms with Crippen molar-refractivity contribution < 1.29 is 0 Å². The van der Waals surface area contributed by atoms with Crippen molar-refractivity contribution in [2.24, 2.45) is 0 Å². The van der Waals surface area contributed by atoms with Crippen LogP contribution in [0.25, 0.3) is 0 Å². The SMILES string of the molecule is CCCNc1nc(CC)nc(C(C)C)c1C. The van der Waals surface area contributed by atoms with Crippen LogP contribution in [0.3, 0.4) is 0 Å². The normalized spacial score (nSPS) is 10.9. The topological polar surface area (TPSA) is 37.8 Å². The van der Waals surface area contributed by atoms with Gasteiger partial charge in [-0.05, 0) is 19.3 Å². The Labute approximate surface area is 98.7 Å². The van der Waals surface area contributed by atoms with Gasteiger partial charge in [-0.1, -0.05) is 27.7 Å². The van der Waals surface area contributed by atoms with Crippen LogP contribution in [0.1, 0.15) is 57.1 Å². The largest absolute Gasteiger partial charge is 0.370 e. The Morgan fingerprint density at radius 2 is 1.88 bits per heavy atom. The quantitative estimate of drug-likeness (QED) is 0.829. The van der Waals surface area contributed by atoms with Crippen LogP contribution in [-0.4, -0.2) is 16.5 Å². The fourth-order valence-corrected chi connectivity index (χ4v) is 1.72. The molecule has 0 spiro atoms. The zero-order valence-electron chi connectivity index (χ0n) is 11.1. The monoisotopic (exact) mass is 221 g/mol. The standard InChI is InChI=1S/C13H23N3/c1-6-8-14-13-10(5)12(9(3)4)15-11(7-2)16-13/h9H,6-8H2,1-5H3,(H,14,15,16). The third-order valence-electron chi connectivity index (χ3n) is 2.64. The van der Waals surface area contributed by atoms with Crippen LogP contribution in [0.2, 0.25) is 0 Å². The maximum atomic E-state index is 4.61. The van der Waals surface area contributed by atoms with E-state index in [4.69, 9.17) is 0 Å². The number of aryl methyl sites for hydroxylation is 1. The fraction of sp³-hybridized carbons (Fsp3) is 0.692. The van der Waals surface area contributed by atoms with Crippen molar-refractivity contribution in [1.82, 2.24) is 9.97 Å². The van der Waals surface area contributed by atoms with Crippen molar-refractivity contribution in [3.8, 4) is 0 Å². The number of anilines is 1. The number of nitrogens with one attached hydrogen (secondary N) is 1. The Kier molecular flexibility index (Phi) is 4.71. The van der Waals surface area contributed by atoms with Crippen molar-refractivity contribution in [1.29, 1.82) is 0 Å². The van der Waals surface area contributed by atoms with Crippen LogP contribution in [0.4, 0.5) is 5.82 Å². The maximum Gasteiger partial charge on any atom is 0.132 e. The molecule has 0 radical (unpaired) electrons. The van der Waals surface area contributed by atoms with E-state index in [1.54, 1.807) is 0 Å². The molecule has 1 heterocycles. The van der Waals surface area contributed by atoms with Crippen molar-refractivity contribution in [3.63, 3.8) is 0 Å². The summed E-state index contributed by atoms with van der Waals surface area (Å²) in [6.45, 7) is 11.7. The van der Waals surface area contributed by atoms with Crippen LogP contribution < -0.4 is 5.32 Å². The molecule has 3 nitrogen and oxygen atoms in total. The van der Waals surface area contributed by atoms with Crippen LogP contribution in [-0.2, 0) is 6.42 Å². The first kappa shape index (κ1) is 12.9. The van der Waals surface area contributed by atoms with Crippen LogP contribution in [0.15, 0.2) is 0 Å². The average molecular weight is 221 g/mol. The second kappa shape index (κ2) is 5.83. The Morgan fingerprint density at radius 1 is 1.19 bits per heavy atom. The fourth-order valence-electron chi connectivity index (χ4n) is 1.72. The summed E-state index contributed by atoms with van der Waals surface area (Å²) < 4.78 is 0. The molecule has 0 aliphatic carbocycles. The summed E-state index contributed by atoms with van der Waals surface area (Å²) in [7, 11) is 0. The van der Waals surface area contributed by atoms with Gasteiger partial charge in [0.1, 0.15) is 11.6 Å². The molecule has 0 amide bonds. The third kappa shape index (κ3) is 2.94. The summed E-state index contributed by atoms with van der Waals surface area (Å²) in [5, 5.41) is 3.38. The second-order valence-corrected chi connectivity index (χ2v) is 4.43. The van der Waals surface area contributed by atoms with Gasteiger partial charge in [-0.25, -0.2) is 9.97 Å². The molecular formula is C13H23N3. The van der Waals surface area contributed by atoms with Crippen LogP contribution in [0, 0.1) is 6.92 Å². The minimum Gasteiger partial charge on any atom is -0.370 e. The molecule has 1 aromatic heterocycles. The summed E-state index contributed by atoms with van der Waals surface area (Å²) in [5.41, 5.74) is 2.37. The number of hydrogen-bond donors (Lipinski definition) is 1. The molecule has 0 aliphatic rings. The molecule has 16 heavy (non-hydrogen) atoms. The maximum absolute atomic E-state index is 4.61. The summed E-state index contributed by atoms with van der Waals surface area (Å²) in [5.74, 6) is 2.40. The second-order valence-electron chi connectivity index (χ2n) is 4.43. The van der Waals surface area contributed by atoms with Gasteiger partial charge in [0.2, 0.25) is 0 Å². The lowest BCUT2D eigenvalue weighted by atomic mass is 10.1. The summed E-state index contributed by atoms with van der Waals surface area (Å²) in [6.07, 6.45) is 2.00. The molecule has 1 N–H and O–H groups in total. The summed E-state index contributed by atoms with van der Waals surface area (Å²) in [6, 6.07) is 0. The first-order valence-electron chi connectivity index (χ1n) is 6.21. The molecule has 1 rings (SSSR count). The molecule has 0 aromatic carbocycles. The minimum absolute atomic E-state index is 0.454. The molecule has 0 bridgehead atoms. The highest BCUT2D eigenvalue weighted by Crippen LogP contribution is 2.22. The smallest absolute Gasteiger partial charge is 0.132 e. The van der Waals surface area contributed by atoms with E-state index < -0.39 is 0 Å². The minimum atomic E-state index is 0.454.